The van der Waals surface area contributed by atoms with Crippen molar-refractivity contribution in [2.45, 2.75) is 46.8 Å². The van der Waals surface area contributed by atoms with Gasteiger partial charge >= 0.3 is 5.97 Å². The first-order valence-electron chi connectivity index (χ1n) is 9.02. The molecule has 1 N–H and O–H groups in total. The second kappa shape index (κ2) is 8.45. The largest absolute Gasteiger partial charge is 0.460 e. The number of carbonyl (C=O) groups excluding carboxylic acids is 3. The average molecular weight is 360 g/mol. The van der Waals surface area contributed by atoms with Crippen LogP contribution in [0, 0.1) is 11.3 Å². The molecule has 2 rings (SSSR count). The SMILES string of the molecule is CC(C)NCCN1C(=O)CC(C(C)(C)C(=O)OCc2ccccc2)C1=O. The lowest BCUT2D eigenvalue weighted by Crippen LogP contribution is -2.42. The minimum absolute atomic E-state index is 0.0496. The van der Waals surface area contributed by atoms with Crippen molar-refractivity contribution in [3.63, 3.8) is 0 Å². The molecule has 1 atom stereocenters. The van der Waals surface area contributed by atoms with Crippen LogP contribution in [0.15, 0.2) is 30.3 Å². The van der Waals surface area contributed by atoms with Gasteiger partial charge in [0.2, 0.25) is 11.8 Å². The van der Waals surface area contributed by atoms with Gasteiger partial charge < -0.3 is 10.1 Å². The van der Waals surface area contributed by atoms with E-state index in [1.807, 2.05) is 44.2 Å². The van der Waals surface area contributed by atoms with E-state index in [1.54, 1.807) is 13.8 Å². The van der Waals surface area contributed by atoms with Gasteiger partial charge in [-0.25, -0.2) is 0 Å². The van der Waals surface area contributed by atoms with E-state index >= 15 is 0 Å². The summed E-state index contributed by atoms with van der Waals surface area (Å²) in [7, 11) is 0. The highest BCUT2D eigenvalue weighted by Crippen LogP contribution is 2.37. The number of hydrogen-bond acceptors (Lipinski definition) is 5. The molecule has 1 aromatic carbocycles. The summed E-state index contributed by atoms with van der Waals surface area (Å²) in [6, 6.07) is 9.65. The van der Waals surface area contributed by atoms with Crippen molar-refractivity contribution in [3.8, 4) is 0 Å². The first kappa shape index (κ1) is 20.1. The van der Waals surface area contributed by atoms with E-state index < -0.39 is 17.3 Å². The smallest absolute Gasteiger partial charge is 0.312 e. The summed E-state index contributed by atoms with van der Waals surface area (Å²) in [5, 5.41) is 3.19. The molecule has 6 heteroatoms. The van der Waals surface area contributed by atoms with Crippen LogP contribution >= 0.6 is 0 Å². The maximum atomic E-state index is 12.7. The van der Waals surface area contributed by atoms with Gasteiger partial charge in [0.25, 0.3) is 0 Å². The van der Waals surface area contributed by atoms with E-state index in [-0.39, 0.29) is 30.9 Å². The lowest BCUT2D eigenvalue weighted by atomic mass is 9.78. The molecule has 0 saturated carbocycles. The van der Waals surface area contributed by atoms with Crippen LogP contribution in [0.25, 0.3) is 0 Å². The maximum absolute atomic E-state index is 12.7. The Morgan fingerprint density at radius 2 is 1.92 bits per heavy atom. The maximum Gasteiger partial charge on any atom is 0.312 e. The molecule has 1 aliphatic rings. The number of ether oxygens (including phenoxy) is 1. The quantitative estimate of drug-likeness (QED) is 0.568. The van der Waals surface area contributed by atoms with Crippen molar-refractivity contribution in [3.05, 3.63) is 35.9 Å². The normalized spacial score (nSPS) is 17.9. The van der Waals surface area contributed by atoms with Gasteiger partial charge in [0, 0.05) is 25.6 Å². The number of imide groups is 1. The fraction of sp³-hybridized carbons (Fsp3) is 0.550. The van der Waals surface area contributed by atoms with Crippen LogP contribution in [-0.4, -0.2) is 41.8 Å². The zero-order valence-corrected chi connectivity index (χ0v) is 16.0. The summed E-state index contributed by atoms with van der Waals surface area (Å²) in [6.45, 7) is 8.37. The third kappa shape index (κ3) is 4.69. The molecule has 0 spiro atoms. The first-order valence-corrected chi connectivity index (χ1v) is 9.02. The Hall–Kier alpha value is -2.21. The van der Waals surface area contributed by atoms with E-state index in [9.17, 15) is 14.4 Å². The zero-order valence-electron chi connectivity index (χ0n) is 16.0. The number of amides is 2. The van der Waals surface area contributed by atoms with Crippen molar-refractivity contribution in [2.24, 2.45) is 11.3 Å². The third-order valence-corrected chi connectivity index (χ3v) is 4.74. The van der Waals surface area contributed by atoms with Crippen molar-refractivity contribution in [2.75, 3.05) is 13.1 Å². The number of hydrogen-bond donors (Lipinski definition) is 1. The van der Waals surface area contributed by atoms with Gasteiger partial charge in [-0.05, 0) is 19.4 Å². The van der Waals surface area contributed by atoms with E-state index in [2.05, 4.69) is 5.32 Å². The number of benzene rings is 1. The second-order valence-electron chi connectivity index (χ2n) is 7.53. The van der Waals surface area contributed by atoms with Gasteiger partial charge in [-0.2, -0.15) is 0 Å². The molecule has 0 aromatic heterocycles. The zero-order chi connectivity index (χ0) is 19.3. The molecule has 0 aliphatic carbocycles. The Morgan fingerprint density at radius 3 is 2.54 bits per heavy atom. The number of nitrogens with one attached hydrogen (secondary N) is 1. The number of esters is 1. The number of likely N-dealkylation sites (tertiary alicyclic amines) is 1. The van der Waals surface area contributed by atoms with Crippen LogP contribution in [0.5, 0.6) is 0 Å². The van der Waals surface area contributed by atoms with E-state index in [4.69, 9.17) is 4.74 Å². The van der Waals surface area contributed by atoms with Gasteiger partial charge in [0.15, 0.2) is 0 Å². The summed E-state index contributed by atoms with van der Waals surface area (Å²) in [4.78, 5) is 38.8. The molecular formula is C20H28N2O4. The lowest BCUT2D eigenvalue weighted by molar-refractivity contribution is -0.161. The predicted molar refractivity (Wildman–Crippen MR) is 98.0 cm³/mol. The Kier molecular flexibility index (Phi) is 6.53. The van der Waals surface area contributed by atoms with Gasteiger partial charge in [0.05, 0.1) is 11.3 Å². The molecule has 1 fully saturated rings. The van der Waals surface area contributed by atoms with Crippen molar-refractivity contribution < 1.29 is 19.1 Å². The summed E-state index contributed by atoms with van der Waals surface area (Å²) in [5.74, 6) is -1.66. The highest BCUT2D eigenvalue weighted by atomic mass is 16.5. The van der Waals surface area contributed by atoms with Gasteiger partial charge in [0.1, 0.15) is 6.61 Å². The van der Waals surface area contributed by atoms with Gasteiger partial charge in [-0.1, -0.05) is 44.2 Å². The van der Waals surface area contributed by atoms with Crippen LogP contribution in [-0.2, 0) is 25.7 Å². The molecule has 1 aromatic rings. The van der Waals surface area contributed by atoms with Crippen LogP contribution in [0.2, 0.25) is 0 Å². The molecule has 1 aliphatic heterocycles. The molecule has 2 amide bonds. The van der Waals surface area contributed by atoms with Crippen LogP contribution in [0.3, 0.4) is 0 Å². The minimum Gasteiger partial charge on any atom is -0.460 e. The topological polar surface area (TPSA) is 75.7 Å². The van der Waals surface area contributed by atoms with Crippen molar-refractivity contribution in [1.29, 1.82) is 0 Å². The highest BCUT2D eigenvalue weighted by molar-refractivity contribution is 6.05. The van der Waals surface area contributed by atoms with Gasteiger partial charge in [-0.15, -0.1) is 0 Å². The Morgan fingerprint density at radius 1 is 1.27 bits per heavy atom. The summed E-state index contributed by atoms with van der Waals surface area (Å²) in [5.41, 5.74) is -0.172. The fourth-order valence-electron chi connectivity index (χ4n) is 3.00. The molecule has 0 bridgehead atoms. The summed E-state index contributed by atoms with van der Waals surface area (Å²) < 4.78 is 5.40. The fourth-order valence-corrected chi connectivity index (χ4v) is 3.00. The van der Waals surface area contributed by atoms with Crippen LogP contribution in [0.1, 0.15) is 39.7 Å². The van der Waals surface area contributed by atoms with Crippen molar-refractivity contribution >= 4 is 17.8 Å². The minimum atomic E-state index is -1.05. The Bertz CT molecular complexity index is 655. The highest BCUT2D eigenvalue weighted by Gasteiger charge is 2.50. The second-order valence-corrected chi connectivity index (χ2v) is 7.53. The molecule has 1 heterocycles. The van der Waals surface area contributed by atoms with E-state index in [1.165, 1.54) is 4.90 Å². The monoisotopic (exact) mass is 360 g/mol. The van der Waals surface area contributed by atoms with Gasteiger partial charge in [-0.3, -0.25) is 19.3 Å². The number of carbonyl (C=O) groups is 3. The molecular weight excluding hydrogens is 332 g/mol. The van der Waals surface area contributed by atoms with Crippen LogP contribution < -0.4 is 5.32 Å². The first-order chi connectivity index (χ1) is 12.2. The Balaban J connectivity index is 1.97. The molecule has 1 saturated heterocycles. The number of rotatable bonds is 8. The summed E-state index contributed by atoms with van der Waals surface area (Å²) in [6.07, 6.45) is 0.0496. The lowest BCUT2D eigenvalue weighted by Gasteiger charge is -2.27. The van der Waals surface area contributed by atoms with Crippen molar-refractivity contribution in [1.82, 2.24) is 10.2 Å². The van der Waals surface area contributed by atoms with Crippen LogP contribution in [0.4, 0.5) is 0 Å². The molecule has 0 radical (unpaired) electrons. The standard InChI is InChI=1S/C20H28N2O4/c1-14(2)21-10-11-22-17(23)12-16(18(22)24)20(3,4)19(25)26-13-15-8-6-5-7-9-15/h5-9,14,16,21H,10-13H2,1-4H3. The molecule has 1 unspecified atom stereocenters. The average Bonchev–Trinajstić information content (AvgIpc) is 2.89. The molecule has 142 valence electrons. The molecule has 26 heavy (non-hydrogen) atoms. The predicted octanol–water partition coefficient (Wildman–Crippen LogP) is 2.13. The molecule has 6 nitrogen and oxygen atoms in total. The number of nitrogens with zero attached hydrogens (tertiary/aromatic N) is 1. The third-order valence-electron chi connectivity index (χ3n) is 4.74. The van der Waals surface area contributed by atoms with E-state index in [0.717, 1.165) is 5.56 Å². The Labute approximate surface area is 154 Å². The van der Waals surface area contributed by atoms with E-state index in [0.29, 0.717) is 13.1 Å². The summed E-state index contributed by atoms with van der Waals surface area (Å²) >= 11 is 0.